The second-order valence-electron chi connectivity index (χ2n) is 7.72. The molecular formula is C22H33N5O2. The highest BCUT2D eigenvalue weighted by Gasteiger charge is 2.18. The van der Waals surface area contributed by atoms with Gasteiger partial charge in [0, 0.05) is 52.0 Å². The molecule has 1 aromatic heterocycles. The standard InChI is InChI=1S/C22H33N5O2/c1-3-26-9-11-27(12-10-26)16-21(28)17-29-22-6-4-5-19(13-22)14-25(2)15-20-7-8-23-18-24-20/h4-8,13,18,21,28H,3,9-12,14-17H2,1-2H3. The minimum Gasteiger partial charge on any atom is -0.491 e. The van der Waals surface area contributed by atoms with Gasteiger partial charge in [0.05, 0.1) is 5.69 Å². The summed E-state index contributed by atoms with van der Waals surface area (Å²) in [6.07, 6.45) is 2.86. The fraction of sp³-hybridized carbons (Fsp3) is 0.545. The van der Waals surface area contributed by atoms with E-state index < -0.39 is 6.10 Å². The van der Waals surface area contributed by atoms with Crippen LogP contribution >= 0.6 is 0 Å². The van der Waals surface area contributed by atoms with Crippen LogP contribution in [-0.4, -0.2) is 88.8 Å². The first-order chi connectivity index (χ1) is 14.1. The van der Waals surface area contributed by atoms with Crippen LogP contribution in [0.25, 0.3) is 0 Å². The number of β-amino-alcohol motifs (C(OH)–C–C–N with tert-alkyl or cyclic N) is 1. The van der Waals surface area contributed by atoms with E-state index in [0.29, 0.717) is 13.2 Å². The smallest absolute Gasteiger partial charge is 0.119 e. The lowest BCUT2D eigenvalue weighted by Crippen LogP contribution is -2.49. The molecule has 0 spiro atoms. The lowest BCUT2D eigenvalue weighted by Gasteiger charge is -2.34. The van der Waals surface area contributed by atoms with Crippen molar-refractivity contribution in [2.24, 2.45) is 0 Å². The largest absolute Gasteiger partial charge is 0.491 e. The first-order valence-corrected chi connectivity index (χ1v) is 10.4. The van der Waals surface area contributed by atoms with Crippen molar-refractivity contribution in [3.05, 3.63) is 54.1 Å². The number of likely N-dealkylation sites (N-methyl/N-ethyl adjacent to an activating group) is 1. The second-order valence-corrected chi connectivity index (χ2v) is 7.72. The van der Waals surface area contributed by atoms with Crippen LogP contribution in [0.15, 0.2) is 42.9 Å². The summed E-state index contributed by atoms with van der Waals surface area (Å²) in [5.74, 6) is 0.799. The third-order valence-electron chi connectivity index (χ3n) is 5.25. The normalized spacial score (nSPS) is 16.8. The summed E-state index contributed by atoms with van der Waals surface area (Å²) in [7, 11) is 2.07. The Morgan fingerprint density at radius 2 is 1.93 bits per heavy atom. The van der Waals surface area contributed by atoms with E-state index in [0.717, 1.165) is 57.3 Å². The van der Waals surface area contributed by atoms with Gasteiger partial charge in [-0.1, -0.05) is 19.1 Å². The Balaban J connectivity index is 1.42. The minimum atomic E-state index is -0.479. The van der Waals surface area contributed by atoms with Crippen molar-refractivity contribution >= 4 is 0 Å². The average Bonchev–Trinajstić information content (AvgIpc) is 2.74. The molecule has 1 aromatic carbocycles. The second kappa shape index (κ2) is 11.2. The van der Waals surface area contributed by atoms with Crippen molar-refractivity contribution in [1.29, 1.82) is 0 Å². The molecule has 0 amide bonds. The number of aliphatic hydroxyl groups excluding tert-OH is 1. The fourth-order valence-corrected chi connectivity index (χ4v) is 3.62. The Labute approximate surface area is 173 Å². The molecule has 0 bridgehead atoms. The average molecular weight is 400 g/mol. The molecule has 2 aromatic rings. The summed E-state index contributed by atoms with van der Waals surface area (Å²) in [5.41, 5.74) is 2.17. The molecule has 0 saturated carbocycles. The topological polar surface area (TPSA) is 65.0 Å². The number of hydrogen-bond donors (Lipinski definition) is 1. The third kappa shape index (κ3) is 7.36. The van der Waals surface area contributed by atoms with Gasteiger partial charge in [0.15, 0.2) is 0 Å². The maximum absolute atomic E-state index is 10.4. The molecule has 1 fully saturated rings. The summed E-state index contributed by atoms with van der Waals surface area (Å²) in [6.45, 7) is 10.0. The van der Waals surface area contributed by atoms with Crippen LogP contribution in [0, 0.1) is 0 Å². The zero-order valence-electron chi connectivity index (χ0n) is 17.6. The van der Waals surface area contributed by atoms with Gasteiger partial charge in [0.25, 0.3) is 0 Å². The van der Waals surface area contributed by atoms with E-state index in [1.807, 2.05) is 24.3 Å². The molecule has 29 heavy (non-hydrogen) atoms. The highest BCUT2D eigenvalue weighted by atomic mass is 16.5. The molecule has 1 saturated heterocycles. The van der Waals surface area contributed by atoms with E-state index in [2.05, 4.69) is 44.7 Å². The van der Waals surface area contributed by atoms with Crippen molar-refractivity contribution in [2.75, 3.05) is 52.9 Å². The Morgan fingerprint density at radius 3 is 2.66 bits per heavy atom. The quantitative estimate of drug-likeness (QED) is 0.649. The Morgan fingerprint density at radius 1 is 1.14 bits per heavy atom. The number of hydrogen-bond acceptors (Lipinski definition) is 7. The molecule has 7 heteroatoms. The van der Waals surface area contributed by atoms with Crippen LogP contribution in [0.2, 0.25) is 0 Å². The van der Waals surface area contributed by atoms with Crippen LogP contribution < -0.4 is 4.74 Å². The predicted octanol–water partition coefficient (Wildman–Crippen LogP) is 1.49. The van der Waals surface area contributed by atoms with Gasteiger partial charge in [0.1, 0.15) is 24.8 Å². The van der Waals surface area contributed by atoms with E-state index in [1.165, 1.54) is 5.56 Å². The van der Waals surface area contributed by atoms with E-state index in [1.54, 1.807) is 12.5 Å². The highest BCUT2D eigenvalue weighted by molar-refractivity contribution is 5.28. The lowest BCUT2D eigenvalue weighted by atomic mass is 10.2. The molecule has 1 unspecified atom stereocenters. The summed E-state index contributed by atoms with van der Waals surface area (Å²) in [6, 6.07) is 10.0. The van der Waals surface area contributed by atoms with Gasteiger partial charge in [-0.2, -0.15) is 0 Å². The molecular weight excluding hydrogens is 366 g/mol. The Kier molecular flexibility index (Phi) is 8.37. The maximum atomic E-state index is 10.4. The number of ether oxygens (including phenoxy) is 1. The van der Waals surface area contributed by atoms with Crippen LogP contribution in [0.5, 0.6) is 5.75 Å². The Hall–Kier alpha value is -2.06. The molecule has 3 rings (SSSR count). The fourth-order valence-electron chi connectivity index (χ4n) is 3.62. The van der Waals surface area contributed by atoms with Gasteiger partial charge in [-0.05, 0) is 37.4 Å². The summed E-state index contributed by atoms with van der Waals surface area (Å²) in [5, 5.41) is 10.4. The first kappa shape index (κ1) is 21.6. The monoisotopic (exact) mass is 399 g/mol. The molecule has 0 radical (unpaired) electrons. The van der Waals surface area contributed by atoms with Gasteiger partial charge in [-0.15, -0.1) is 0 Å². The minimum absolute atomic E-state index is 0.314. The van der Waals surface area contributed by atoms with E-state index >= 15 is 0 Å². The zero-order chi connectivity index (χ0) is 20.5. The highest BCUT2D eigenvalue weighted by Crippen LogP contribution is 2.16. The van der Waals surface area contributed by atoms with E-state index in [4.69, 9.17) is 4.74 Å². The van der Waals surface area contributed by atoms with Crippen molar-refractivity contribution in [2.45, 2.75) is 26.1 Å². The van der Waals surface area contributed by atoms with Gasteiger partial charge in [-0.25, -0.2) is 9.97 Å². The predicted molar refractivity (Wildman–Crippen MR) is 114 cm³/mol. The number of benzene rings is 1. The lowest BCUT2D eigenvalue weighted by molar-refractivity contribution is 0.0470. The van der Waals surface area contributed by atoms with E-state index in [-0.39, 0.29) is 0 Å². The van der Waals surface area contributed by atoms with Crippen molar-refractivity contribution in [3.8, 4) is 5.75 Å². The zero-order valence-corrected chi connectivity index (χ0v) is 17.6. The van der Waals surface area contributed by atoms with Crippen LogP contribution in [0.3, 0.4) is 0 Å². The van der Waals surface area contributed by atoms with Crippen LogP contribution in [0.4, 0.5) is 0 Å². The summed E-state index contributed by atoms with van der Waals surface area (Å²) < 4.78 is 5.87. The van der Waals surface area contributed by atoms with Crippen LogP contribution in [0.1, 0.15) is 18.2 Å². The number of nitrogens with zero attached hydrogens (tertiary/aromatic N) is 5. The van der Waals surface area contributed by atoms with E-state index in [9.17, 15) is 5.11 Å². The summed E-state index contributed by atoms with van der Waals surface area (Å²) in [4.78, 5) is 15.2. The maximum Gasteiger partial charge on any atom is 0.119 e. The third-order valence-corrected chi connectivity index (χ3v) is 5.25. The van der Waals surface area contributed by atoms with Gasteiger partial charge >= 0.3 is 0 Å². The molecule has 1 atom stereocenters. The van der Waals surface area contributed by atoms with Gasteiger partial charge < -0.3 is 14.7 Å². The van der Waals surface area contributed by atoms with Crippen LogP contribution in [-0.2, 0) is 13.1 Å². The number of rotatable bonds is 10. The van der Waals surface area contributed by atoms with Crippen molar-refractivity contribution in [1.82, 2.24) is 24.7 Å². The molecule has 2 heterocycles. The molecule has 1 aliphatic heterocycles. The molecule has 1 aliphatic rings. The Bertz CT molecular complexity index is 722. The molecule has 158 valence electrons. The SMILES string of the molecule is CCN1CCN(CC(O)COc2cccc(CN(C)Cc3ccncn3)c2)CC1. The summed E-state index contributed by atoms with van der Waals surface area (Å²) >= 11 is 0. The first-order valence-electron chi connectivity index (χ1n) is 10.4. The molecule has 1 N–H and O–H groups in total. The number of piperazine rings is 1. The van der Waals surface area contributed by atoms with Crippen molar-refractivity contribution in [3.63, 3.8) is 0 Å². The van der Waals surface area contributed by atoms with Gasteiger partial charge in [0.2, 0.25) is 0 Å². The molecule has 7 nitrogen and oxygen atoms in total. The molecule has 0 aliphatic carbocycles. The van der Waals surface area contributed by atoms with Gasteiger partial charge in [-0.3, -0.25) is 9.80 Å². The van der Waals surface area contributed by atoms with Crippen molar-refractivity contribution < 1.29 is 9.84 Å². The number of aromatic nitrogens is 2. The number of aliphatic hydroxyl groups is 1.